The summed E-state index contributed by atoms with van der Waals surface area (Å²) >= 11 is 0. The quantitative estimate of drug-likeness (QED) is 0.831. The fourth-order valence-electron chi connectivity index (χ4n) is 3.38. The molecule has 4 rings (SSSR count). The molecular formula is C19H22N4O3. The number of amides is 1. The van der Waals surface area contributed by atoms with Crippen LogP contribution in [0.5, 0.6) is 5.75 Å². The number of carbonyl (C=O) groups is 1. The van der Waals surface area contributed by atoms with Gasteiger partial charge in [0.25, 0.3) is 5.91 Å². The molecule has 1 atom stereocenters. The number of aromatic nitrogens is 2. The van der Waals surface area contributed by atoms with Crippen LogP contribution >= 0.6 is 0 Å². The Bertz CT molecular complexity index is 784. The van der Waals surface area contributed by atoms with Crippen molar-refractivity contribution in [3.8, 4) is 17.0 Å². The highest BCUT2D eigenvalue weighted by Gasteiger charge is 2.27. The molecule has 136 valence electrons. The molecule has 0 bridgehead atoms. The first-order valence-corrected chi connectivity index (χ1v) is 8.88. The summed E-state index contributed by atoms with van der Waals surface area (Å²) in [7, 11) is 0. The lowest BCUT2D eigenvalue weighted by atomic mass is 10.1. The van der Waals surface area contributed by atoms with Crippen molar-refractivity contribution in [1.29, 1.82) is 0 Å². The van der Waals surface area contributed by atoms with Gasteiger partial charge in [-0.3, -0.25) is 19.7 Å². The van der Waals surface area contributed by atoms with Gasteiger partial charge in [0.05, 0.1) is 30.8 Å². The standard InChI is InChI=1S/C19H22N4O3/c1-14-12-25-9-8-22(14)6-7-23-17-10-15(16-11-20-4-5-21-16)2-3-18(17)26-13-19(23)24/h2-5,10-11,14H,6-9,12-13H2,1H3. The van der Waals surface area contributed by atoms with Gasteiger partial charge >= 0.3 is 0 Å². The predicted octanol–water partition coefficient (Wildman–Crippen LogP) is 1.59. The average molecular weight is 354 g/mol. The van der Waals surface area contributed by atoms with Crippen LogP contribution in [0.4, 0.5) is 5.69 Å². The topological polar surface area (TPSA) is 67.8 Å². The normalized spacial score (nSPS) is 20.6. The second-order valence-electron chi connectivity index (χ2n) is 6.57. The Morgan fingerprint density at radius 1 is 1.27 bits per heavy atom. The number of fused-ring (bicyclic) bond motifs is 1. The van der Waals surface area contributed by atoms with Crippen LogP contribution in [0.1, 0.15) is 6.92 Å². The van der Waals surface area contributed by atoms with E-state index < -0.39 is 0 Å². The number of hydrogen-bond acceptors (Lipinski definition) is 6. The van der Waals surface area contributed by atoms with E-state index in [-0.39, 0.29) is 12.5 Å². The minimum Gasteiger partial charge on any atom is -0.482 e. The summed E-state index contributed by atoms with van der Waals surface area (Å²) in [5.74, 6) is 0.710. The van der Waals surface area contributed by atoms with Gasteiger partial charge in [0.15, 0.2) is 6.61 Å². The first-order valence-electron chi connectivity index (χ1n) is 8.88. The molecule has 3 heterocycles. The number of morpholine rings is 1. The minimum absolute atomic E-state index is 0.0188. The largest absolute Gasteiger partial charge is 0.482 e. The molecule has 7 heteroatoms. The molecule has 1 aromatic carbocycles. The zero-order valence-corrected chi connectivity index (χ0v) is 14.8. The summed E-state index contributed by atoms with van der Waals surface area (Å²) in [6.07, 6.45) is 5.02. The van der Waals surface area contributed by atoms with Gasteiger partial charge in [-0.05, 0) is 25.1 Å². The lowest BCUT2D eigenvalue weighted by Gasteiger charge is -2.36. The molecule has 2 aliphatic heterocycles. The monoisotopic (exact) mass is 354 g/mol. The fourth-order valence-corrected chi connectivity index (χ4v) is 3.38. The molecule has 0 spiro atoms. The van der Waals surface area contributed by atoms with Crippen LogP contribution in [0.25, 0.3) is 11.3 Å². The lowest BCUT2D eigenvalue weighted by Crippen LogP contribution is -2.49. The van der Waals surface area contributed by atoms with Crippen LogP contribution < -0.4 is 9.64 Å². The van der Waals surface area contributed by atoms with E-state index in [4.69, 9.17) is 9.47 Å². The van der Waals surface area contributed by atoms with Gasteiger partial charge < -0.3 is 14.4 Å². The Kier molecular flexibility index (Phi) is 4.81. The van der Waals surface area contributed by atoms with Crippen molar-refractivity contribution in [2.75, 3.05) is 44.4 Å². The van der Waals surface area contributed by atoms with Gasteiger partial charge in [0.1, 0.15) is 5.75 Å². The fraction of sp³-hybridized carbons (Fsp3) is 0.421. The van der Waals surface area contributed by atoms with Crippen LogP contribution in [0.15, 0.2) is 36.8 Å². The molecule has 0 aliphatic carbocycles. The number of hydrogen-bond donors (Lipinski definition) is 0. The Balaban J connectivity index is 1.57. The van der Waals surface area contributed by atoms with E-state index in [0.29, 0.717) is 12.6 Å². The maximum absolute atomic E-state index is 12.5. The van der Waals surface area contributed by atoms with Crippen molar-refractivity contribution in [3.63, 3.8) is 0 Å². The van der Waals surface area contributed by atoms with E-state index in [1.165, 1.54) is 0 Å². The Hall–Kier alpha value is -2.51. The van der Waals surface area contributed by atoms with Crippen molar-refractivity contribution < 1.29 is 14.3 Å². The number of nitrogens with zero attached hydrogens (tertiary/aromatic N) is 4. The molecule has 0 radical (unpaired) electrons. The third-order valence-corrected chi connectivity index (χ3v) is 4.88. The highest BCUT2D eigenvalue weighted by molar-refractivity contribution is 5.98. The van der Waals surface area contributed by atoms with E-state index >= 15 is 0 Å². The van der Waals surface area contributed by atoms with Gasteiger partial charge in [0, 0.05) is 43.6 Å². The molecule has 2 aliphatic rings. The molecule has 1 saturated heterocycles. The van der Waals surface area contributed by atoms with E-state index in [1.807, 2.05) is 23.1 Å². The molecule has 0 N–H and O–H groups in total. The van der Waals surface area contributed by atoms with Crippen molar-refractivity contribution in [2.45, 2.75) is 13.0 Å². The molecule has 1 unspecified atom stereocenters. The van der Waals surface area contributed by atoms with Gasteiger partial charge in [-0.25, -0.2) is 0 Å². The molecule has 7 nitrogen and oxygen atoms in total. The Labute approximate surface area is 152 Å². The number of benzene rings is 1. The number of rotatable bonds is 4. The van der Waals surface area contributed by atoms with Crippen molar-refractivity contribution in [1.82, 2.24) is 14.9 Å². The van der Waals surface area contributed by atoms with E-state index in [1.54, 1.807) is 18.6 Å². The number of anilines is 1. The summed E-state index contributed by atoms with van der Waals surface area (Å²) in [4.78, 5) is 25.1. The van der Waals surface area contributed by atoms with Gasteiger partial charge in [-0.1, -0.05) is 0 Å². The van der Waals surface area contributed by atoms with Crippen molar-refractivity contribution in [3.05, 3.63) is 36.8 Å². The number of ether oxygens (including phenoxy) is 2. The highest BCUT2D eigenvalue weighted by Crippen LogP contribution is 2.35. The van der Waals surface area contributed by atoms with Crippen LogP contribution in [0.3, 0.4) is 0 Å². The average Bonchev–Trinajstić information content (AvgIpc) is 2.69. The molecule has 2 aromatic rings. The molecule has 1 amide bonds. The zero-order chi connectivity index (χ0) is 17.9. The second-order valence-corrected chi connectivity index (χ2v) is 6.57. The molecule has 1 aromatic heterocycles. The highest BCUT2D eigenvalue weighted by atomic mass is 16.5. The van der Waals surface area contributed by atoms with Crippen molar-refractivity contribution in [2.24, 2.45) is 0 Å². The maximum atomic E-state index is 12.5. The summed E-state index contributed by atoms with van der Waals surface area (Å²) < 4.78 is 11.1. The first kappa shape index (κ1) is 16.9. The van der Waals surface area contributed by atoms with Crippen LogP contribution in [0.2, 0.25) is 0 Å². The van der Waals surface area contributed by atoms with Crippen molar-refractivity contribution >= 4 is 11.6 Å². The third-order valence-electron chi connectivity index (χ3n) is 4.88. The third kappa shape index (κ3) is 3.40. The van der Waals surface area contributed by atoms with Gasteiger partial charge in [-0.2, -0.15) is 0 Å². The van der Waals surface area contributed by atoms with E-state index in [2.05, 4.69) is 21.8 Å². The minimum atomic E-state index is -0.0188. The van der Waals surface area contributed by atoms with E-state index in [9.17, 15) is 4.79 Å². The molecule has 1 fully saturated rings. The molecule has 26 heavy (non-hydrogen) atoms. The smallest absolute Gasteiger partial charge is 0.265 e. The maximum Gasteiger partial charge on any atom is 0.265 e. The summed E-state index contributed by atoms with van der Waals surface area (Å²) in [6.45, 7) is 6.05. The molecule has 0 saturated carbocycles. The van der Waals surface area contributed by atoms with Crippen LogP contribution in [-0.2, 0) is 9.53 Å². The van der Waals surface area contributed by atoms with Crippen LogP contribution in [-0.4, -0.2) is 66.3 Å². The number of carbonyl (C=O) groups excluding carboxylic acids is 1. The summed E-state index contributed by atoms with van der Waals surface area (Å²) in [5.41, 5.74) is 2.49. The SMILES string of the molecule is CC1COCCN1CCN1C(=O)COc2ccc(-c3cnccn3)cc21. The first-order chi connectivity index (χ1) is 12.7. The predicted molar refractivity (Wildman–Crippen MR) is 97.2 cm³/mol. The molecular weight excluding hydrogens is 332 g/mol. The Morgan fingerprint density at radius 3 is 3.00 bits per heavy atom. The van der Waals surface area contributed by atoms with Gasteiger partial charge in [-0.15, -0.1) is 0 Å². The van der Waals surface area contributed by atoms with Crippen LogP contribution in [0, 0.1) is 0 Å². The summed E-state index contributed by atoms with van der Waals surface area (Å²) in [6, 6.07) is 6.17. The zero-order valence-electron chi connectivity index (χ0n) is 14.8. The Morgan fingerprint density at radius 2 is 2.19 bits per heavy atom. The van der Waals surface area contributed by atoms with E-state index in [0.717, 1.165) is 49.0 Å². The lowest BCUT2D eigenvalue weighted by molar-refractivity contribution is -0.121. The van der Waals surface area contributed by atoms with Gasteiger partial charge in [0.2, 0.25) is 0 Å². The second kappa shape index (κ2) is 7.39. The summed E-state index contributed by atoms with van der Waals surface area (Å²) in [5, 5.41) is 0.